The summed E-state index contributed by atoms with van der Waals surface area (Å²) in [7, 11) is 0. The molecular weight excluding hydrogens is 334 g/mol. The molecule has 1 aliphatic rings. The van der Waals surface area contributed by atoms with Gasteiger partial charge in [0, 0.05) is 5.69 Å². The molecule has 2 aromatic rings. The third-order valence-electron chi connectivity index (χ3n) is 4.71. The number of nitrogens with one attached hydrogen (secondary N) is 1. The highest BCUT2D eigenvalue weighted by atomic mass is 35.5. The van der Waals surface area contributed by atoms with Gasteiger partial charge in [0.1, 0.15) is 0 Å². The average molecular weight is 358 g/mol. The fourth-order valence-electron chi connectivity index (χ4n) is 3.32. The molecule has 1 saturated heterocycles. The Morgan fingerprint density at radius 3 is 2.56 bits per heavy atom. The van der Waals surface area contributed by atoms with E-state index in [2.05, 4.69) is 40.5 Å². The molecule has 0 unspecified atom stereocenters. The first-order valence-electron chi connectivity index (χ1n) is 8.71. The Balaban J connectivity index is 1.44. The van der Waals surface area contributed by atoms with Gasteiger partial charge in [-0.15, -0.1) is 0 Å². The summed E-state index contributed by atoms with van der Waals surface area (Å²) in [6.45, 7) is 2.32. The zero-order valence-corrected chi connectivity index (χ0v) is 15.0. The van der Waals surface area contributed by atoms with E-state index < -0.39 is 0 Å². The van der Waals surface area contributed by atoms with Gasteiger partial charge in [-0.1, -0.05) is 41.9 Å². The number of nitrogens with two attached hydrogens (primary N) is 1. The molecule has 5 heteroatoms. The largest absolute Gasteiger partial charge is 0.399 e. The predicted molar refractivity (Wildman–Crippen MR) is 104 cm³/mol. The van der Waals surface area contributed by atoms with Crippen LogP contribution in [0.4, 0.5) is 11.4 Å². The fourth-order valence-corrected chi connectivity index (χ4v) is 3.56. The van der Waals surface area contributed by atoms with Gasteiger partial charge in [-0.05, 0) is 62.0 Å². The van der Waals surface area contributed by atoms with Gasteiger partial charge in [0.2, 0.25) is 5.91 Å². The van der Waals surface area contributed by atoms with Gasteiger partial charge in [0.15, 0.2) is 0 Å². The molecule has 4 nitrogen and oxygen atoms in total. The van der Waals surface area contributed by atoms with Crippen LogP contribution in [0.3, 0.4) is 0 Å². The lowest BCUT2D eigenvalue weighted by atomic mass is 9.90. The maximum atomic E-state index is 12.2. The first kappa shape index (κ1) is 17.8. The van der Waals surface area contributed by atoms with Gasteiger partial charge in [-0.25, -0.2) is 0 Å². The van der Waals surface area contributed by atoms with Crippen LogP contribution in [-0.2, 0) is 11.2 Å². The minimum atomic E-state index is -0.0341. The molecule has 1 amide bonds. The molecule has 0 bridgehead atoms. The molecule has 0 radical (unpaired) electrons. The summed E-state index contributed by atoms with van der Waals surface area (Å²) in [5.74, 6) is 0.668. The number of anilines is 2. The minimum absolute atomic E-state index is 0.0341. The Hall–Kier alpha value is -2.04. The van der Waals surface area contributed by atoms with Crippen molar-refractivity contribution in [2.45, 2.75) is 19.3 Å². The molecule has 0 atom stereocenters. The summed E-state index contributed by atoms with van der Waals surface area (Å²) < 4.78 is 0. The lowest BCUT2D eigenvalue weighted by molar-refractivity contribution is -0.117. The van der Waals surface area contributed by atoms with Gasteiger partial charge in [0.25, 0.3) is 0 Å². The summed E-state index contributed by atoms with van der Waals surface area (Å²) in [5, 5.41) is 3.34. The van der Waals surface area contributed by atoms with Crippen LogP contribution in [0.25, 0.3) is 0 Å². The van der Waals surface area contributed by atoms with Crippen LogP contribution >= 0.6 is 11.6 Å². The quantitative estimate of drug-likeness (QED) is 0.800. The Kier molecular flexibility index (Phi) is 5.95. The van der Waals surface area contributed by atoms with Crippen molar-refractivity contribution in [3.8, 4) is 0 Å². The number of amides is 1. The third kappa shape index (κ3) is 5.21. The van der Waals surface area contributed by atoms with Gasteiger partial charge < -0.3 is 11.1 Å². The van der Waals surface area contributed by atoms with Crippen molar-refractivity contribution in [1.29, 1.82) is 0 Å². The fraction of sp³-hybridized carbons (Fsp3) is 0.350. The number of rotatable bonds is 5. The smallest absolute Gasteiger partial charge is 0.238 e. The number of nitrogen functional groups attached to an aromatic ring is 1. The first-order valence-corrected chi connectivity index (χ1v) is 9.09. The molecule has 0 spiro atoms. The van der Waals surface area contributed by atoms with E-state index in [1.54, 1.807) is 18.2 Å². The van der Waals surface area contributed by atoms with Crippen LogP contribution in [0, 0.1) is 5.92 Å². The van der Waals surface area contributed by atoms with Crippen LogP contribution in [0.1, 0.15) is 18.4 Å². The van der Waals surface area contributed by atoms with Gasteiger partial charge in [-0.2, -0.15) is 0 Å². The van der Waals surface area contributed by atoms with E-state index in [1.807, 2.05) is 0 Å². The van der Waals surface area contributed by atoms with Crippen molar-refractivity contribution in [3.05, 3.63) is 59.1 Å². The molecule has 132 valence electrons. The molecule has 0 saturated carbocycles. The molecule has 3 rings (SSSR count). The number of carbonyl (C=O) groups excluding carboxylic acids is 1. The number of piperidine rings is 1. The number of hydrogen-bond acceptors (Lipinski definition) is 3. The molecule has 0 aliphatic carbocycles. The summed E-state index contributed by atoms with van der Waals surface area (Å²) >= 11 is 6.10. The second-order valence-electron chi connectivity index (χ2n) is 6.70. The molecule has 1 aliphatic heterocycles. The minimum Gasteiger partial charge on any atom is -0.399 e. The van der Waals surface area contributed by atoms with Gasteiger partial charge >= 0.3 is 0 Å². The Morgan fingerprint density at radius 2 is 1.88 bits per heavy atom. The van der Waals surface area contributed by atoms with E-state index in [1.165, 1.54) is 5.56 Å². The van der Waals surface area contributed by atoms with E-state index in [-0.39, 0.29) is 5.91 Å². The van der Waals surface area contributed by atoms with E-state index in [4.69, 9.17) is 17.3 Å². The molecule has 25 heavy (non-hydrogen) atoms. The normalized spacial score (nSPS) is 15.9. The highest BCUT2D eigenvalue weighted by molar-refractivity contribution is 6.34. The van der Waals surface area contributed by atoms with Crippen molar-refractivity contribution in [2.24, 2.45) is 5.92 Å². The molecule has 2 aromatic carbocycles. The standard InChI is InChI=1S/C20H24ClN3O/c21-18-13-17(22)6-7-19(18)23-20(25)14-24-10-8-16(9-11-24)12-15-4-2-1-3-5-15/h1-7,13,16H,8-12,14,22H2,(H,23,25). The molecular formula is C20H24ClN3O. The van der Waals surface area contributed by atoms with Crippen LogP contribution < -0.4 is 11.1 Å². The van der Waals surface area contributed by atoms with Crippen LogP contribution in [0.15, 0.2) is 48.5 Å². The summed E-state index contributed by atoms with van der Waals surface area (Å²) in [5.41, 5.74) is 8.27. The number of halogens is 1. The monoisotopic (exact) mass is 357 g/mol. The topological polar surface area (TPSA) is 58.4 Å². The first-order chi connectivity index (χ1) is 12.1. The number of hydrogen-bond donors (Lipinski definition) is 2. The van der Waals surface area contributed by atoms with Crippen molar-refractivity contribution in [3.63, 3.8) is 0 Å². The van der Waals surface area contributed by atoms with Crippen molar-refractivity contribution in [1.82, 2.24) is 4.90 Å². The molecule has 1 heterocycles. The highest BCUT2D eigenvalue weighted by Gasteiger charge is 2.21. The number of likely N-dealkylation sites (tertiary alicyclic amines) is 1. The maximum absolute atomic E-state index is 12.2. The summed E-state index contributed by atoms with van der Waals surface area (Å²) in [6, 6.07) is 15.7. The van der Waals surface area contributed by atoms with Crippen molar-refractivity contribution in [2.75, 3.05) is 30.7 Å². The maximum Gasteiger partial charge on any atom is 0.238 e. The average Bonchev–Trinajstić information content (AvgIpc) is 2.60. The zero-order chi connectivity index (χ0) is 17.6. The Morgan fingerprint density at radius 1 is 1.16 bits per heavy atom. The number of benzene rings is 2. The van der Waals surface area contributed by atoms with E-state index in [9.17, 15) is 4.79 Å². The molecule has 1 fully saturated rings. The second-order valence-corrected chi connectivity index (χ2v) is 7.10. The lowest BCUT2D eigenvalue weighted by Crippen LogP contribution is -2.39. The van der Waals surface area contributed by atoms with Crippen LogP contribution in [0.2, 0.25) is 5.02 Å². The second kappa shape index (κ2) is 8.37. The Labute approximate surface area is 154 Å². The number of nitrogens with zero attached hydrogens (tertiary/aromatic N) is 1. The highest BCUT2D eigenvalue weighted by Crippen LogP contribution is 2.25. The Bertz CT molecular complexity index is 712. The molecule has 0 aromatic heterocycles. The third-order valence-corrected chi connectivity index (χ3v) is 5.02. The molecule has 3 N–H and O–H groups in total. The van der Waals surface area contributed by atoms with Crippen LogP contribution in [0.5, 0.6) is 0 Å². The lowest BCUT2D eigenvalue weighted by Gasteiger charge is -2.31. The SMILES string of the molecule is Nc1ccc(NC(=O)CN2CCC(Cc3ccccc3)CC2)c(Cl)c1. The summed E-state index contributed by atoms with van der Waals surface area (Å²) in [6.07, 6.45) is 3.39. The summed E-state index contributed by atoms with van der Waals surface area (Å²) in [4.78, 5) is 14.5. The zero-order valence-electron chi connectivity index (χ0n) is 14.2. The predicted octanol–water partition coefficient (Wildman–Crippen LogP) is 3.82. The van der Waals surface area contributed by atoms with E-state index in [0.29, 0.717) is 28.9 Å². The van der Waals surface area contributed by atoms with E-state index in [0.717, 1.165) is 32.4 Å². The van der Waals surface area contributed by atoms with Crippen molar-refractivity contribution >= 4 is 28.9 Å². The van der Waals surface area contributed by atoms with Gasteiger partial charge in [0.05, 0.1) is 17.3 Å². The van der Waals surface area contributed by atoms with Crippen molar-refractivity contribution < 1.29 is 4.79 Å². The van der Waals surface area contributed by atoms with Gasteiger partial charge in [-0.3, -0.25) is 9.69 Å². The van der Waals surface area contributed by atoms with Crippen LogP contribution in [-0.4, -0.2) is 30.4 Å². The number of carbonyl (C=O) groups is 1. The van der Waals surface area contributed by atoms with E-state index >= 15 is 0 Å².